The monoisotopic (exact) mass is 265 g/mol. The van der Waals surface area contributed by atoms with Gasteiger partial charge in [0.25, 0.3) is 0 Å². The molecular weight excluding hydrogens is 246 g/mol. The molecule has 1 aromatic rings. The summed E-state index contributed by atoms with van der Waals surface area (Å²) in [7, 11) is 0. The van der Waals surface area contributed by atoms with Crippen LogP contribution in [0.4, 0.5) is 0 Å². The lowest BCUT2D eigenvalue weighted by atomic mass is 9.91. The summed E-state index contributed by atoms with van der Waals surface area (Å²) >= 11 is 1.70. The molecule has 0 aliphatic heterocycles. The number of aliphatic hydroxyl groups is 2. The fourth-order valence-corrected chi connectivity index (χ4v) is 3.02. The highest BCUT2D eigenvalue weighted by Crippen LogP contribution is 2.27. The van der Waals surface area contributed by atoms with E-state index >= 15 is 0 Å². The van der Waals surface area contributed by atoms with Crippen LogP contribution in [0.15, 0.2) is 11.4 Å². The predicted molar refractivity (Wildman–Crippen MR) is 73.4 cm³/mol. The Morgan fingerprint density at radius 2 is 2.22 bits per heavy atom. The molecule has 0 aromatic carbocycles. The van der Waals surface area contributed by atoms with Gasteiger partial charge in [0.15, 0.2) is 0 Å². The quantitative estimate of drug-likeness (QED) is 0.792. The van der Waals surface area contributed by atoms with Crippen LogP contribution in [0, 0.1) is 11.8 Å². The van der Waals surface area contributed by atoms with E-state index < -0.39 is 0 Å². The van der Waals surface area contributed by atoms with E-state index in [4.69, 9.17) is 10.2 Å². The zero-order valence-corrected chi connectivity index (χ0v) is 11.2. The summed E-state index contributed by atoms with van der Waals surface area (Å²) in [5.41, 5.74) is 1.01. The van der Waals surface area contributed by atoms with Gasteiger partial charge in [0.1, 0.15) is 6.61 Å². The Hall–Kier alpha value is -0.860. The summed E-state index contributed by atoms with van der Waals surface area (Å²) in [6, 6.07) is 2.62. The number of rotatable bonds is 5. The molecule has 1 aliphatic rings. The van der Waals surface area contributed by atoms with Gasteiger partial charge in [0, 0.05) is 29.6 Å². The summed E-state index contributed by atoms with van der Waals surface area (Å²) in [5.74, 6) is 5.68. The van der Waals surface area contributed by atoms with Crippen molar-refractivity contribution in [1.29, 1.82) is 0 Å². The topological polar surface area (TPSA) is 43.7 Å². The fourth-order valence-electron chi connectivity index (χ4n) is 2.16. The van der Waals surface area contributed by atoms with Crippen LogP contribution < -0.4 is 0 Å². The van der Waals surface area contributed by atoms with E-state index in [1.807, 2.05) is 11.4 Å². The molecule has 4 heteroatoms. The smallest absolute Gasteiger partial charge is 0.104 e. The van der Waals surface area contributed by atoms with Gasteiger partial charge in [-0.2, -0.15) is 0 Å². The lowest BCUT2D eigenvalue weighted by Crippen LogP contribution is -2.41. The van der Waals surface area contributed by atoms with E-state index in [1.54, 1.807) is 11.3 Å². The van der Waals surface area contributed by atoms with Gasteiger partial charge in [-0.15, -0.1) is 11.3 Å². The number of hydrogen-bond acceptors (Lipinski definition) is 4. The molecule has 2 rings (SSSR count). The first-order valence-corrected chi connectivity index (χ1v) is 7.24. The maximum absolute atomic E-state index is 9.15. The van der Waals surface area contributed by atoms with Crippen molar-refractivity contribution in [2.75, 3.05) is 19.8 Å². The summed E-state index contributed by atoms with van der Waals surface area (Å²) < 4.78 is 0. The van der Waals surface area contributed by atoms with Crippen molar-refractivity contribution in [1.82, 2.24) is 4.90 Å². The third-order valence-electron chi connectivity index (χ3n) is 3.37. The van der Waals surface area contributed by atoms with Crippen LogP contribution in [0.3, 0.4) is 0 Å². The first-order chi connectivity index (χ1) is 8.85. The molecule has 0 spiro atoms. The summed E-state index contributed by atoms with van der Waals surface area (Å²) in [5, 5.41) is 19.9. The zero-order chi connectivity index (χ0) is 12.8. The van der Waals surface area contributed by atoms with Crippen LogP contribution in [-0.4, -0.2) is 40.9 Å². The van der Waals surface area contributed by atoms with Gasteiger partial charge in [0.2, 0.25) is 0 Å². The number of thiophene rings is 1. The van der Waals surface area contributed by atoms with Crippen molar-refractivity contribution < 1.29 is 10.2 Å². The van der Waals surface area contributed by atoms with Crippen molar-refractivity contribution in [3.05, 3.63) is 21.9 Å². The molecule has 0 saturated heterocycles. The Bertz CT molecular complexity index is 428. The molecule has 3 nitrogen and oxygen atoms in total. The van der Waals surface area contributed by atoms with E-state index in [9.17, 15) is 0 Å². The molecule has 2 N–H and O–H groups in total. The minimum Gasteiger partial charge on any atom is -0.395 e. The highest BCUT2D eigenvalue weighted by Gasteiger charge is 2.25. The van der Waals surface area contributed by atoms with Crippen LogP contribution in [0.2, 0.25) is 0 Å². The number of hydrogen-bond donors (Lipinski definition) is 2. The Morgan fingerprint density at radius 1 is 1.39 bits per heavy atom. The number of aliphatic hydroxyl groups excluding tert-OH is 2. The Labute approximate surface area is 112 Å². The van der Waals surface area contributed by atoms with Gasteiger partial charge in [-0.25, -0.2) is 0 Å². The Balaban J connectivity index is 2.03. The van der Waals surface area contributed by atoms with E-state index in [2.05, 4.69) is 16.7 Å². The largest absolute Gasteiger partial charge is 0.395 e. The van der Waals surface area contributed by atoms with E-state index in [1.165, 1.54) is 24.1 Å². The van der Waals surface area contributed by atoms with Crippen LogP contribution in [0.5, 0.6) is 0 Å². The highest BCUT2D eigenvalue weighted by molar-refractivity contribution is 7.10. The lowest BCUT2D eigenvalue weighted by molar-refractivity contribution is 0.0955. The average molecular weight is 265 g/mol. The molecule has 1 saturated carbocycles. The molecular formula is C14H19NO2S. The normalized spacial score (nSPS) is 15.3. The summed E-state index contributed by atoms with van der Waals surface area (Å²) in [4.78, 5) is 3.58. The zero-order valence-electron chi connectivity index (χ0n) is 10.4. The predicted octanol–water partition coefficient (Wildman–Crippen LogP) is 1.44. The van der Waals surface area contributed by atoms with Crippen molar-refractivity contribution in [2.24, 2.45) is 0 Å². The maximum atomic E-state index is 9.15. The van der Waals surface area contributed by atoms with Crippen LogP contribution in [-0.2, 0) is 6.54 Å². The van der Waals surface area contributed by atoms with Crippen LogP contribution >= 0.6 is 11.3 Å². The maximum Gasteiger partial charge on any atom is 0.104 e. The van der Waals surface area contributed by atoms with Crippen molar-refractivity contribution >= 4 is 11.3 Å². The SMILES string of the molecule is OCC#Cc1ccsc1CN(CCO)C1CCC1. The van der Waals surface area contributed by atoms with Crippen molar-refractivity contribution in [2.45, 2.75) is 31.8 Å². The van der Waals surface area contributed by atoms with E-state index in [0.717, 1.165) is 18.7 Å². The third kappa shape index (κ3) is 3.33. The van der Waals surface area contributed by atoms with Crippen LogP contribution in [0.25, 0.3) is 0 Å². The minimum absolute atomic E-state index is 0.0989. The third-order valence-corrected chi connectivity index (χ3v) is 4.28. The first-order valence-electron chi connectivity index (χ1n) is 6.36. The van der Waals surface area contributed by atoms with Gasteiger partial charge < -0.3 is 10.2 Å². The number of nitrogens with zero attached hydrogens (tertiary/aromatic N) is 1. The lowest BCUT2D eigenvalue weighted by Gasteiger charge is -2.37. The van der Waals surface area contributed by atoms with Crippen molar-refractivity contribution in [3.63, 3.8) is 0 Å². The second-order valence-electron chi connectivity index (χ2n) is 4.50. The van der Waals surface area contributed by atoms with Gasteiger partial charge in [0.05, 0.1) is 6.61 Å². The molecule has 0 unspecified atom stereocenters. The second kappa shape index (κ2) is 6.91. The summed E-state index contributed by atoms with van der Waals surface area (Å²) in [6.07, 6.45) is 3.78. The highest BCUT2D eigenvalue weighted by atomic mass is 32.1. The summed E-state index contributed by atoms with van der Waals surface area (Å²) in [6.45, 7) is 1.70. The van der Waals surface area contributed by atoms with Gasteiger partial charge in [-0.05, 0) is 24.3 Å². The molecule has 1 aliphatic carbocycles. The molecule has 1 fully saturated rings. The van der Waals surface area contributed by atoms with E-state index in [0.29, 0.717) is 6.04 Å². The fraction of sp³-hybridized carbons (Fsp3) is 0.571. The first kappa shape index (κ1) is 13.6. The van der Waals surface area contributed by atoms with Crippen molar-refractivity contribution in [3.8, 4) is 11.8 Å². The molecule has 98 valence electrons. The van der Waals surface area contributed by atoms with Gasteiger partial charge in [-0.1, -0.05) is 18.3 Å². The Morgan fingerprint density at radius 3 is 2.83 bits per heavy atom. The molecule has 0 radical (unpaired) electrons. The minimum atomic E-state index is -0.0989. The molecule has 0 amide bonds. The molecule has 1 heterocycles. The standard InChI is InChI=1S/C14H19NO2S/c16-8-2-3-12-6-10-18-14(12)11-15(7-9-17)13-4-1-5-13/h6,10,13,16-17H,1,4-5,7-9,11H2. The van der Waals surface area contributed by atoms with Gasteiger partial charge in [-0.3, -0.25) is 4.90 Å². The average Bonchev–Trinajstić information content (AvgIpc) is 2.72. The van der Waals surface area contributed by atoms with Gasteiger partial charge >= 0.3 is 0 Å². The second-order valence-corrected chi connectivity index (χ2v) is 5.50. The molecule has 0 atom stereocenters. The molecule has 18 heavy (non-hydrogen) atoms. The van der Waals surface area contributed by atoms with Crippen LogP contribution in [0.1, 0.15) is 29.7 Å². The molecule has 0 bridgehead atoms. The van der Waals surface area contributed by atoms with E-state index in [-0.39, 0.29) is 13.2 Å². The molecule has 1 aromatic heterocycles. The Kier molecular flexibility index (Phi) is 5.21.